The Morgan fingerprint density at radius 2 is 0.534 bits per heavy atom. The van der Waals surface area contributed by atoms with E-state index < -0.39 is 6.10 Å². The normalized spacial score (nSPS) is 12.4. The minimum Gasteiger partial charge on any atom is -0.462 e. The predicted molar refractivity (Wildman–Crippen MR) is 316 cm³/mol. The van der Waals surface area contributed by atoms with Crippen molar-refractivity contribution < 1.29 is 28.6 Å². The van der Waals surface area contributed by atoms with Crippen LogP contribution in [-0.2, 0) is 28.6 Å². The Morgan fingerprint density at radius 3 is 0.836 bits per heavy atom. The minimum atomic E-state index is -0.788. The van der Waals surface area contributed by atoms with Crippen LogP contribution in [0.1, 0.15) is 329 Å². The number of ether oxygens (including phenoxy) is 3. The van der Waals surface area contributed by atoms with E-state index in [1.54, 1.807) is 0 Å². The van der Waals surface area contributed by atoms with Crippen molar-refractivity contribution in [3.8, 4) is 0 Å². The van der Waals surface area contributed by atoms with Gasteiger partial charge in [-0.2, -0.15) is 0 Å². The molecular formula is C67H120O6. The summed E-state index contributed by atoms with van der Waals surface area (Å²) in [6, 6.07) is 0. The molecule has 0 saturated carbocycles. The van der Waals surface area contributed by atoms with Crippen molar-refractivity contribution in [3.63, 3.8) is 0 Å². The summed E-state index contributed by atoms with van der Waals surface area (Å²) in [4.78, 5) is 38.1. The highest BCUT2D eigenvalue weighted by molar-refractivity contribution is 5.71. The number of allylic oxidation sites excluding steroid dienone is 10. The van der Waals surface area contributed by atoms with Crippen molar-refractivity contribution in [1.82, 2.24) is 0 Å². The van der Waals surface area contributed by atoms with Gasteiger partial charge < -0.3 is 14.2 Å². The van der Waals surface area contributed by atoms with Gasteiger partial charge in [-0.1, -0.05) is 306 Å². The monoisotopic (exact) mass is 1020 g/mol. The number of hydrogen-bond donors (Lipinski definition) is 0. The van der Waals surface area contributed by atoms with E-state index in [9.17, 15) is 14.4 Å². The number of unbranched alkanes of at least 4 members (excludes halogenated alkanes) is 37. The summed E-state index contributed by atoms with van der Waals surface area (Å²) in [7, 11) is 0. The maximum atomic E-state index is 12.8. The zero-order chi connectivity index (χ0) is 52.9. The minimum absolute atomic E-state index is 0.0841. The molecule has 0 aromatic carbocycles. The molecule has 0 bridgehead atoms. The first-order valence-corrected chi connectivity index (χ1v) is 31.8. The second-order valence-corrected chi connectivity index (χ2v) is 21.3. The molecule has 73 heavy (non-hydrogen) atoms. The average molecular weight is 1020 g/mol. The van der Waals surface area contributed by atoms with Crippen molar-refractivity contribution in [1.29, 1.82) is 0 Å². The highest BCUT2D eigenvalue weighted by Gasteiger charge is 2.19. The zero-order valence-electron chi connectivity index (χ0n) is 48.7. The van der Waals surface area contributed by atoms with E-state index in [1.807, 2.05) is 0 Å². The van der Waals surface area contributed by atoms with Crippen molar-refractivity contribution >= 4 is 17.9 Å². The summed E-state index contributed by atoms with van der Waals surface area (Å²) in [5.74, 6) is -0.906. The third kappa shape index (κ3) is 59.9. The third-order valence-corrected chi connectivity index (χ3v) is 14.0. The van der Waals surface area contributed by atoms with Crippen molar-refractivity contribution in [2.45, 2.75) is 335 Å². The lowest BCUT2D eigenvalue weighted by Crippen LogP contribution is -2.30. The molecule has 1 unspecified atom stereocenters. The van der Waals surface area contributed by atoms with E-state index in [4.69, 9.17) is 14.2 Å². The summed E-state index contributed by atoms with van der Waals surface area (Å²) < 4.78 is 16.8. The van der Waals surface area contributed by atoms with E-state index in [0.29, 0.717) is 19.3 Å². The summed E-state index contributed by atoms with van der Waals surface area (Å²) in [5, 5.41) is 0. The zero-order valence-corrected chi connectivity index (χ0v) is 48.7. The van der Waals surface area contributed by atoms with E-state index in [-0.39, 0.29) is 31.1 Å². The number of carbonyl (C=O) groups is 3. The Balaban J connectivity index is 4.13. The van der Waals surface area contributed by atoms with Crippen LogP contribution in [0.25, 0.3) is 0 Å². The fraction of sp³-hybridized carbons (Fsp3) is 0.806. The first kappa shape index (κ1) is 70.1. The quantitative estimate of drug-likeness (QED) is 0.0261. The van der Waals surface area contributed by atoms with Gasteiger partial charge in [0.15, 0.2) is 6.10 Å². The van der Waals surface area contributed by atoms with E-state index >= 15 is 0 Å². The van der Waals surface area contributed by atoms with Gasteiger partial charge in [-0.3, -0.25) is 14.4 Å². The molecule has 0 radical (unpaired) electrons. The summed E-state index contributed by atoms with van der Waals surface area (Å²) in [5.41, 5.74) is 0. The molecule has 424 valence electrons. The van der Waals surface area contributed by atoms with Crippen LogP contribution in [0.2, 0.25) is 0 Å². The molecule has 0 saturated heterocycles. The maximum Gasteiger partial charge on any atom is 0.306 e. The highest BCUT2D eigenvalue weighted by Crippen LogP contribution is 2.18. The topological polar surface area (TPSA) is 78.9 Å². The van der Waals surface area contributed by atoms with E-state index in [0.717, 1.165) is 96.3 Å². The Labute approximate surface area is 453 Å². The maximum absolute atomic E-state index is 12.8. The van der Waals surface area contributed by atoms with Crippen LogP contribution in [0, 0.1) is 0 Å². The lowest BCUT2D eigenvalue weighted by molar-refractivity contribution is -0.167. The van der Waals surface area contributed by atoms with E-state index in [1.165, 1.54) is 193 Å². The van der Waals surface area contributed by atoms with Gasteiger partial charge in [-0.25, -0.2) is 0 Å². The first-order chi connectivity index (χ1) is 36.0. The van der Waals surface area contributed by atoms with Crippen LogP contribution in [0.3, 0.4) is 0 Å². The molecule has 0 aliphatic carbocycles. The Kier molecular flexibility index (Phi) is 59.2. The molecule has 0 rings (SSSR count). The molecular weight excluding hydrogens is 901 g/mol. The molecule has 0 fully saturated rings. The molecule has 0 aromatic heterocycles. The summed E-state index contributed by atoms with van der Waals surface area (Å²) >= 11 is 0. The number of hydrogen-bond acceptors (Lipinski definition) is 6. The van der Waals surface area contributed by atoms with Gasteiger partial charge in [-0.05, 0) is 64.2 Å². The molecule has 6 nitrogen and oxygen atoms in total. The van der Waals surface area contributed by atoms with Gasteiger partial charge in [0.05, 0.1) is 0 Å². The van der Waals surface area contributed by atoms with Gasteiger partial charge >= 0.3 is 17.9 Å². The summed E-state index contributed by atoms with van der Waals surface area (Å²) in [6.45, 7) is 6.51. The largest absolute Gasteiger partial charge is 0.462 e. The lowest BCUT2D eigenvalue weighted by Gasteiger charge is -2.18. The molecule has 0 N–H and O–H groups in total. The van der Waals surface area contributed by atoms with Gasteiger partial charge in [-0.15, -0.1) is 0 Å². The van der Waals surface area contributed by atoms with Gasteiger partial charge in [0.25, 0.3) is 0 Å². The van der Waals surface area contributed by atoms with Crippen LogP contribution < -0.4 is 0 Å². The fourth-order valence-electron chi connectivity index (χ4n) is 9.30. The van der Waals surface area contributed by atoms with Crippen LogP contribution in [0.5, 0.6) is 0 Å². The van der Waals surface area contributed by atoms with Gasteiger partial charge in [0.1, 0.15) is 13.2 Å². The lowest BCUT2D eigenvalue weighted by atomic mass is 10.0. The Hall–Kier alpha value is -2.89. The van der Waals surface area contributed by atoms with Crippen molar-refractivity contribution in [2.24, 2.45) is 0 Å². The Bertz CT molecular complexity index is 1310. The van der Waals surface area contributed by atoms with Crippen LogP contribution >= 0.6 is 0 Å². The predicted octanol–water partition coefficient (Wildman–Crippen LogP) is 21.6. The van der Waals surface area contributed by atoms with Crippen LogP contribution in [0.4, 0.5) is 0 Å². The molecule has 0 heterocycles. The molecule has 6 heteroatoms. The van der Waals surface area contributed by atoms with E-state index in [2.05, 4.69) is 81.5 Å². The second-order valence-electron chi connectivity index (χ2n) is 21.3. The van der Waals surface area contributed by atoms with Crippen LogP contribution in [0.15, 0.2) is 60.8 Å². The molecule has 0 spiro atoms. The number of rotatable bonds is 58. The summed E-state index contributed by atoms with van der Waals surface area (Å²) in [6.07, 6.45) is 78.3. The molecule has 0 amide bonds. The molecule has 0 aromatic rings. The van der Waals surface area contributed by atoms with Crippen molar-refractivity contribution in [3.05, 3.63) is 60.8 Å². The SMILES string of the molecule is CC/C=C\C/C=C\C/C=C\C/C=C\C/C=C\CCCCCC(=O)OC(COC(=O)CCCCCCCCCC)COC(=O)CCCCCCCCCCCCCCCCCCCCCCCCCCCCCC. The van der Waals surface area contributed by atoms with Crippen molar-refractivity contribution in [2.75, 3.05) is 13.2 Å². The molecule has 0 aliphatic rings. The first-order valence-electron chi connectivity index (χ1n) is 31.8. The van der Waals surface area contributed by atoms with Gasteiger partial charge in [0.2, 0.25) is 0 Å². The average Bonchev–Trinajstić information content (AvgIpc) is 3.39. The molecule has 1 atom stereocenters. The molecule has 0 aliphatic heterocycles. The third-order valence-electron chi connectivity index (χ3n) is 14.0. The highest BCUT2D eigenvalue weighted by atomic mass is 16.6. The smallest absolute Gasteiger partial charge is 0.306 e. The fourth-order valence-corrected chi connectivity index (χ4v) is 9.30. The number of carbonyl (C=O) groups excluding carboxylic acids is 3. The van der Waals surface area contributed by atoms with Gasteiger partial charge in [0, 0.05) is 19.3 Å². The second kappa shape index (κ2) is 61.7. The Morgan fingerprint density at radius 1 is 0.288 bits per heavy atom. The number of esters is 3. The standard InChI is InChI=1S/C67H120O6/c1-4-7-10-13-16-19-21-23-25-27-29-30-31-32-33-34-35-36-37-39-40-42-44-46-48-51-54-57-60-66(69)72-63-64(62-71-65(68)59-56-53-50-18-15-12-9-6-3)73-67(70)61-58-55-52-49-47-45-43-41-38-28-26-24-22-20-17-14-11-8-5-2/h8,11,17,20,24,26,38,41,45,47,64H,4-7,9-10,12-16,18-19,21-23,25,27-37,39-40,42-44,46,48-63H2,1-3H3/b11-8-,20-17-,26-24-,41-38-,47-45-. The van der Waals surface area contributed by atoms with Crippen LogP contribution in [-0.4, -0.2) is 37.2 Å².